The zero-order chi connectivity index (χ0) is 10.0. The Labute approximate surface area is 82.8 Å². The SMILES string of the molecule is O[C@H]1C=CC=C[C@@]1(O)c1ccccc1. The van der Waals surface area contributed by atoms with Crippen LogP contribution >= 0.6 is 0 Å². The van der Waals surface area contributed by atoms with Crippen molar-refractivity contribution in [3.8, 4) is 0 Å². The van der Waals surface area contributed by atoms with E-state index in [2.05, 4.69) is 0 Å². The number of benzene rings is 1. The zero-order valence-electron chi connectivity index (χ0n) is 7.67. The molecule has 2 N–H and O–H groups in total. The first-order valence-corrected chi connectivity index (χ1v) is 4.55. The van der Waals surface area contributed by atoms with Crippen molar-refractivity contribution in [3.05, 3.63) is 60.2 Å². The average Bonchev–Trinajstić information content (AvgIpc) is 2.24. The first-order chi connectivity index (χ1) is 6.73. The molecule has 72 valence electrons. The molecule has 0 unspecified atom stereocenters. The van der Waals surface area contributed by atoms with Crippen molar-refractivity contribution in [2.75, 3.05) is 0 Å². The van der Waals surface area contributed by atoms with Crippen LogP contribution in [0.25, 0.3) is 0 Å². The summed E-state index contributed by atoms with van der Waals surface area (Å²) in [4.78, 5) is 0. The molecule has 0 spiro atoms. The predicted octanol–water partition coefficient (Wildman–Crippen LogP) is 1.36. The number of allylic oxidation sites excluding steroid dienone is 2. The maximum Gasteiger partial charge on any atom is 0.137 e. The van der Waals surface area contributed by atoms with Crippen molar-refractivity contribution in [1.82, 2.24) is 0 Å². The van der Waals surface area contributed by atoms with Crippen molar-refractivity contribution in [2.45, 2.75) is 11.7 Å². The van der Waals surface area contributed by atoms with Gasteiger partial charge in [-0.25, -0.2) is 0 Å². The van der Waals surface area contributed by atoms with Gasteiger partial charge in [-0.15, -0.1) is 0 Å². The minimum absolute atomic E-state index is 0.702. The molecule has 1 aromatic carbocycles. The van der Waals surface area contributed by atoms with Crippen LogP contribution in [0.3, 0.4) is 0 Å². The summed E-state index contributed by atoms with van der Waals surface area (Å²) in [5.41, 5.74) is -0.580. The summed E-state index contributed by atoms with van der Waals surface area (Å²) in [5.74, 6) is 0. The largest absolute Gasteiger partial charge is 0.385 e. The molecular weight excluding hydrogens is 176 g/mol. The predicted molar refractivity (Wildman–Crippen MR) is 54.6 cm³/mol. The fourth-order valence-electron chi connectivity index (χ4n) is 1.59. The minimum Gasteiger partial charge on any atom is -0.385 e. The maximum atomic E-state index is 10.2. The summed E-state index contributed by atoms with van der Waals surface area (Å²) < 4.78 is 0. The molecule has 0 saturated carbocycles. The molecule has 0 aromatic heterocycles. The molecule has 2 heteroatoms. The lowest BCUT2D eigenvalue weighted by Gasteiger charge is -2.30. The maximum absolute atomic E-state index is 10.2. The molecular formula is C12H12O2. The van der Waals surface area contributed by atoms with Crippen LogP contribution in [0.2, 0.25) is 0 Å². The number of rotatable bonds is 1. The summed E-state index contributed by atoms with van der Waals surface area (Å²) in [6.07, 6.45) is 5.76. The Kier molecular flexibility index (Phi) is 2.23. The third-order valence-electron chi connectivity index (χ3n) is 2.44. The van der Waals surface area contributed by atoms with Gasteiger partial charge in [-0.2, -0.15) is 0 Å². The highest BCUT2D eigenvalue weighted by atomic mass is 16.3. The van der Waals surface area contributed by atoms with E-state index in [0.29, 0.717) is 5.56 Å². The molecule has 14 heavy (non-hydrogen) atoms. The van der Waals surface area contributed by atoms with Gasteiger partial charge in [0, 0.05) is 0 Å². The topological polar surface area (TPSA) is 40.5 Å². The van der Waals surface area contributed by atoms with Crippen LogP contribution in [-0.2, 0) is 5.60 Å². The van der Waals surface area contributed by atoms with Crippen molar-refractivity contribution in [3.63, 3.8) is 0 Å². The normalized spacial score (nSPS) is 30.6. The molecule has 2 nitrogen and oxygen atoms in total. The third-order valence-corrected chi connectivity index (χ3v) is 2.44. The second kappa shape index (κ2) is 3.40. The van der Waals surface area contributed by atoms with Gasteiger partial charge in [-0.1, -0.05) is 48.6 Å². The van der Waals surface area contributed by atoms with Gasteiger partial charge in [-0.3, -0.25) is 0 Å². The van der Waals surface area contributed by atoms with Gasteiger partial charge in [0.05, 0.1) is 0 Å². The van der Waals surface area contributed by atoms with Gasteiger partial charge >= 0.3 is 0 Å². The van der Waals surface area contributed by atoms with Gasteiger partial charge < -0.3 is 10.2 Å². The minimum atomic E-state index is -1.28. The van der Waals surface area contributed by atoms with E-state index in [1.807, 2.05) is 18.2 Å². The molecule has 0 heterocycles. The number of hydrogen-bond donors (Lipinski definition) is 2. The van der Waals surface area contributed by atoms with Crippen molar-refractivity contribution >= 4 is 0 Å². The van der Waals surface area contributed by atoms with Gasteiger partial charge in [-0.05, 0) is 11.6 Å². The van der Waals surface area contributed by atoms with Crippen LogP contribution in [0.5, 0.6) is 0 Å². The average molecular weight is 188 g/mol. The van der Waals surface area contributed by atoms with Crippen LogP contribution in [0.4, 0.5) is 0 Å². The van der Waals surface area contributed by atoms with E-state index in [4.69, 9.17) is 0 Å². The monoisotopic (exact) mass is 188 g/mol. The molecule has 0 fully saturated rings. The lowest BCUT2D eigenvalue weighted by molar-refractivity contribution is -0.0194. The van der Waals surface area contributed by atoms with E-state index in [1.54, 1.807) is 36.4 Å². The fraction of sp³-hybridized carbons (Fsp3) is 0.167. The summed E-state index contributed by atoms with van der Waals surface area (Å²) in [5, 5.41) is 19.9. The second-order valence-corrected chi connectivity index (χ2v) is 3.38. The van der Waals surface area contributed by atoms with Gasteiger partial charge in [0.1, 0.15) is 11.7 Å². The van der Waals surface area contributed by atoms with Crippen molar-refractivity contribution < 1.29 is 10.2 Å². The van der Waals surface area contributed by atoms with Crippen LogP contribution < -0.4 is 0 Å². The molecule has 0 saturated heterocycles. The van der Waals surface area contributed by atoms with Crippen LogP contribution in [0, 0.1) is 0 Å². The summed E-state index contributed by atoms with van der Waals surface area (Å²) in [6, 6.07) is 9.15. The summed E-state index contributed by atoms with van der Waals surface area (Å²) in [6.45, 7) is 0. The number of aliphatic hydroxyl groups excluding tert-OH is 1. The molecule has 0 radical (unpaired) electrons. The Balaban J connectivity index is 2.42. The number of aliphatic hydroxyl groups is 2. The fourth-order valence-corrected chi connectivity index (χ4v) is 1.59. The molecule has 0 bridgehead atoms. The molecule has 1 aliphatic carbocycles. The smallest absolute Gasteiger partial charge is 0.137 e. The van der Waals surface area contributed by atoms with E-state index >= 15 is 0 Å². The van der Waals surface area contributed by atoms with Gasteiger partial charge in [0.25, 0.3) is 0 Å². The third kappa shape index (κ3) is 1.39. The van der Waals surface area contributed by atoms with Gasteiger partial charge in [0.15, 0.2) is 0 Å². The van der Waals surface area contributed by atoms with Crippen LogP contribution in [0.1, 0.15) is 5.56 Å². The van der Waals surface area contributed by atoms with E-state index in [1.165, 1.54) is 0 Å². The van der Waals surface area contributed by atoms with Gasteiger partial charge in [0.2, 0.25) is 0 Å². The Bertz CT molecular complexity index is 367. The Morgan fingerprint density at radius 3 is 2.43 bits per heavy atom. The Morgan fingerprint density at radius 1 is 1.07 bits per heavy atom. The Morgan fingerprint density at radius 2 is 1.79 bits per heavy atom. The van der Waals surface area contributed by atoms with E-state index in [-0.39, 0.29) is 0 Å². The summed E-state index contributed by atoms with van der Waals surface area (Å²) in [7, 11) is 0. The highest BCUT2D eigenvalue weighted by molar-refractivity contribution is 5.34. The first kappa shape index (κ1) is 9.19. The standard InChI is InChI=1S/C12H12O2/c13-11-8-4-5-9-12(11,14)10-6-2-1-3-7-10/h1-9,11,13-14H/t11-,12+/m0/s1. The lowest BCUT2D eigenvalue weighted by atomic mass is 9.85. The van der Waals surface area contributed by atoms with Crippen LogP contribution in [-0.4, -0.2) is 16.3 Å². The van der Waals surface area contributed by atoms with E-state index in [9.17, 15) is 10.2 Å². The highest BCUT2D eigenvalue weighted by Crippen LogP contribution is 2.29. The van der Waals surface area contributed by atoms with E-state index < -0.39 is 11.7 Å². The van der Waals surface area contributed by atoms with Crippen molar-refractivity contribution in [2.24, 2.45) is 0 Å². The highest BCUT2D eigenvalue weighted by Gasteiger charge is 2.34. The van der Waals surface area contributed by atoms with Crippen molar-refractivity contribution in [1.29, 1.82) is 0 Å². The number of hydrogen-bond acceptors (Lipinski definition) is 2. The van der Waals surface area contributed by atoms with Crippen LogP contribution in [0.15, 0.2) is 54.6 Å². The zero-order valence-corrected chi connectivity index (χ0v) is 7.67. The molecule has 0 aliphatic heterocycles. The van der Waals surface area contributed by atoms with E-state index in [0.717, 1.165) is 0 Å². The molecule has 1 aromatic rings. The summed E-state index contributed by atoms with van der Waals surface area (Å²) >= 11 is 0. The Hall–Kier alpha value is -1.38. The first-order valence-electron chi connectivity index (χ1n) is 4.55. The quantitative estimate of drug-likeness (QED) is 0.698. The molecule has 2 atom stereocenters. The molecule has 0 amide bonds. The lowest BCUT2D eigenvalue weighted by Crippen LogP contribution is -2.37. The molecule has 1 aliphatic rings. The molecule has 2 rings (SSSR count). The second-order valence-electron chi connectivity index (χ2n) is 3.38.